The summed E-state index contributed by atoms with van der Waals surface area (Å²) in [6.45, 7) is 4.81. The molecule has 1 aromatic carbocycles. The van der Waals surface area contributed by atoms with E-state index < -0.39 is 0 Å². The number of nitrogens with zero attached hydrogens (tertiary/aromatic N) is 2. The molecule has 0 amide bonds. The molecule has 0 saturated carbocycles. The molecule has 2 aromatic rings. The lowest BCUT2D eigenvalue weighted by molar-refractivity contribution is 0.266. The fourth-order valence-corrected chi connectivity index (χ4v) is 2.00. The number of nitrogens with two attached hydrogens (primary N) is 1. The molecule has 0 fully saturated rings. The molecule has 0 atom stereocenters. The fourth-order valence-electron chi connectivity index (χ4n) is 2.00. The molecule has 5 heteroatoms. The monoisotopic (exact) mass is 261 g/mol. The molecule has 19 heavy (non-hydrogen) atoms. The summed E-state index contributed by atoms with van der Waals surface area (Å²) in [6, 6.07) is 7.80. The second kappa shape index (κ2) is 5.75. The normalized spacial score (nSPS) is 10.7. The van der Waals surface area contributed by atoms with Gasteiger partial charge in [-0.3, -0.25) is 0 Å². The lowest BCUT2D eigenvalue weighted by Gasteiger charge is -2.10. The van der Waals surface area contributed by atoms with E-state index in [9.17, 15) is 0 Å². The van der Waals surface area contributed by atoms with Gasteiger partial charge in [0.05, 0.1) is 13.2 Å². The number of aliphatic hydroxyl groups excluding tert-OH is 1. The van der Waals surface area contributed by atoms with Gasteiger partial charge in [0.15, 0.2) is 0 Å². The van der Waals surface area contributed by atoms with Crippen LogP contribution >= 0.6 is 0 Å². The van der Waals surface area contributed by atoms with E-state index in [1.165, 1.54) is 0 Å². The molecule has 0 aliphatic carbocycles. The summed E-state index contributed by atoms with van der Waals surface area (Å²) in [6.07, 6.45) is 0. The first-order valence-corrected chi connectivity index (χ1v) is 6.24. The maximum Gasteiger partial charge on any atom is 0.132 e. The summed E-state index contributed by atoms with van der Waals surface area (Å²) in [5.41, 5.74) is 8.75. The van der Waals surface area contributed by atoms with E-state index in [0.29, 0.717) is 19.0 Å². The highest BCUT2D eigenvalue weighted by Gasteiger charge is 2.07. The number of aliphatic hydroxyl groups is 1. The molecular weight excluding hydrogens is 242 g/mol. The highest BCUT2D eigenvalue weighted by atomic mass is 16.5. The van der Waals surface area contributed by atoms with Gasteiger partial charge in [-0.15, -0.1) is 0 Å². The Morgan fingerprint density at radius 2 is 2.00 bits per heavy atom. The largest absolute Gasteiger partial charge is 0.487 e. The first-order chi connectivity index (χ1) is 9.11. The molecule has 0 unspecified atom stereocenters. The number of aromatic nitrogens is 2. The zero-order valence-corrected chi connectivity index (χ0v) is 11.3. The van der Waals surface area contributed by atoms with Crippen LogP contribution in [-0.2, 0) is 13.2 Å². The number of hydrogen-bond donors (Lipinski definition) is 2. The molecule has 0 saturated heterocycles. The third-order valence-corrected chi connectivity index (χ3v) is 2.95. The van der Waals surface area contributed by atoms with Crippen molar-refractivity contribution in [3.8, 4) is 5.75 Å². The number of nitrogen functional groups attached to an aromatic ring is 1. The van der Waals surface area contributed by atoms with Gasteiger partial charge in [0.25, 0.3) is 0 Å². The first kappa shape index (κ1) is 13.4. The van der Waals surface area contributed by atoms with Gasteiger partial charge < -0.3 is 15.6 Å². The lowest BCUT2D eigenvalue weighted by atomic mass is 10.1. The van der Waals surface area contributed by atoms with Gasteiger partial charge in [-0.05, 0) is 25.0 Å². The second-order valence-corrected chi connectivity index (χ2v) is 4.52. The van der Waals surface area contributed by atoms with Crippen LogP contribution in [0.4, 0.5) is 5.82 Å². The van der Waals surface area contributed by atoms with E-state index in [2.05, 4.69) is 5.10 Å². The Morgan fingerprint density at radius 3 is 2.63 bits per heavy atom. The zero-order chi connectivity index (χ0) is 13.8. The van der Waals surface area contributed by atoms with Crippen molar-refractivity contribution in [2.75, 3.05) is 12.3 Å². The molecule has 0 aliphatic rings. The molecule has 5 nitrogen and oxygen atoms in total. The Hall–Kier alpha value is -2.01. The van der Waals surface area contributed by atoms with Gasteiger partial charge >= 0.3 is 0 Å². The summed E-state index contributed by atoms with van der Waals surface area (Å²) in [4.78, 5) is 0. The number of para-hydroxylation sites is 1. The van der Waals surface area contributed by atoms with Crippen LogP contribution < -0.4 is 10.5 Å². The van der Waals surface area contributed by atoms with Crippen molar-refractivity contribution < 1.29 is 9.84 Å². The molecular formula is C14H19N3O2. The van der Waals surface area contributed by atoms with Gasteiger partial charge in [-0.25, -0.2) is 4.68 Å². The topological polar surface area (TPSA) is 73.3 Å². The van der Waals surface area contributed by atoms with Crippen molar-refractivity contribution in [2.45, 2.75) is 27.0 Å². The minimum absolute atomic E-state index is 0.0169. The highest BCUT2D eigenvalue weighted by molar-refractivity contribution is 5.40. The minimum atomic E-state index is 0.0169. The molecule has 1 aromatic heterocycles. The van der Waals surface area contributed by atoms with Gasteiger partial charge in [0.1, 0.15) is 23.9 Å². The van der Waals surface area contributed by atoms with Gasteiger partial charge in [-0.1, -0.05) is 18.2 Å². The van der Waals surface area contributed by atoms with Crippen LogP contribution in [0.2, 0.25) is 0 Å². The predicted octanol–water partition coefficient (Wildman–Crippen LogP) is 1.65. The van der Waals surface area contributed by atoms with Gasteiger partial charge in [0, 0.05) is 6.07 Å². The quantitative estimate of drug-likeness (QED) is 0.858. The summed E-state index contributed by atoms with van der Waals surface area (Å²) in [5, 5.41) is 13.2. The van der Waals surface area contributed by atoms with Gasteiger partial charge in [0.2, 0.25) is 0 Å². The van der Waals surface area contributed by atoms with Crippen molar-refractivity contribution in [1.82, 2.24) is 9.78 Å². The Balaban J connectivity index is 2.08. The Kier molecular flexibility index (Phi) is 4.06. The van der Waals surface area contributed by atoms with Crippen LogP contribution in [0.1, 0.15) is 16.8 Å². The molecule has 0 radical (unpaired) electrons. The third kappa shape index (κ3) is 3.06. The van der Waals surface area contributed by atoms with E-state index in [-0.39, 0.29) is 6.61 Å². The SMILES string of the molecule is Cc1cccc(C)c1OCc1cc(N)n(CCO)n1. The number of ether oxygens (including phenoxy) is 1. The predicted molar refractivity (Wildman–Crippen MR) is 74.0 cm³/mol. The summed E-state index contributed by atoms with van der Waals surface area (Å²) in [7, 11) is 0. The number of aryl methyl sites for hydroxylation is 2. The number of rotatable bonds is 5. The van der Waals surface area contributed by atoms with E-state index in [1.54, 1.807) is 10.7 Å². The minimum Gasteiger partial charge on any atom is -0.487 e. The van der Waals surface area contributed by atoms with Crippen molar-refractivity contribution in [2.24, 2.45) is 0 Å². The standard InChI is InChI=1S/C14H19N3O2/c1-10-4-3-5-11(2)14(10)19-9-12-8-13(15)17(16-12)6-7-18/h3-5,8,18H,6-7,9,15H2,1-2H3. The average Bonchev–Trinajstić information content (AvgIpc) is 2.70. The number of hydrogen-bond acceptors (Lipinski definition) is 4. The van der Waals surface area contributed by atoms with Crippen molar-refractivity contribution >= 4 is 5.82 Å². The average molecular weight is 261 g/mol. The maximum atomic E-state index is 8.89. The molecule has 0 aliphatic heterocycles. The number of benzene rings is 1. The van der Waals surface area contributed by atoms with Crippen LogP contribution in [0, 0.1) is 13.8 Å². The van der Waals surface area contributed by atoms with Crippen LogP contribution in [-0.4, -0.2) is 21.5 Å². The zero-order valence-electron chi connectivity index (χ0n) is 11.3. The van der Waals surface area contributed by atoms with Crippen LogP contribution in [0.5, 0.6) is 5.75 Å². The van der Waals surface area contributed by atoms with Crippen LogP contribution in [0.15, 0.2) is 24.3 Å². The maximum absolute atomic E-state index is 8.89. The summed E-state index contributed by atoms with van der Waals surface area (Å²) >= 11 is 0. The van der Waals surface area contributed by atoms with E-state index in [0.717, 1.165) is 22.6 Å². The van der Waals surface area contributed by atoms with Crippen LogP contribution in [0.3, 0.4) is 0 Å². The number of anilines is 1. The molecule has 0 bridgehead atoms. The van der Waals surface area contributed by atoms with E-state index in [4.69, 9.17) is 15.6 Å². The Bertz CT molecular complexity index is 544. The van der Waals surface area contributed by atoms with E-state index >= 15 is 0 Å². The molecule has 102 valence electrons. The smallest absolute Gasteiger partial charge is 0.132 e. The molecule has 1 heterocycles. The summed E-state index contributed by atoms with van der Waals surface area (Å²) < 4.78 is 7.38. The molecule has 3 N–H and O–H groups in total. The van der Waals surface area contributed by atoms with Crippen molar-refractivity contribution in [1.29, 1.82) is 0 Å². The van der Waals surface area contributed by atoms with E-state index in [1.807, 2.05) is 32.0 Å². The Labute approximate surface area is 112 Å². The third-order valence-electron chi connectivity index (χ3n) is 2.95. The highest BCUT2D eigenvalue weighted by Crippen LogP contribution is 2.23. The second-order valence-electron chi connectivity index (χ2n) is 4.52. The fraction of sp³-hybridized carbons (Fsp3) is 0.357. The van der Waals surface area contributed by atoms with Crippen LogP contribution in [0.25, 0.3) is 0 Å². The molecule has 2 rings (SSSR count). The van der Waals surface area contributed by atoms with Crippen molar-refractivity contribution in [3.63, 3.8) is 0 Å². The Morgan fingerprint density at radius 1 is 1.32 bits per heavy atom. The summed E-state index contributed by atoms with van der Waals surface area (Å²) in [5.74, 6) is 1.42. The first-order valence-electron chi connectivity index (χ1n) is 6.24. The molecule has 0 spiro atoms. The van der Waals surface area contributed by atoms with Gasteiger partial charge in [-0.2, -0.15) is 5.10 Å². The lowest BCUT2D eigenvalue weighted by Crippen LogP contribution is -2.08. The van der Waals surface area contributed by atoms with Crippen molar-refractivity contribution in [3.05, 3.63) is 41.1 Å².